The van der Waals surface area contributed by atoms with Gasteiger partial charge in [0.05, 0.1) is 19.3 Å². The van der Waals surface area contributed by atoms with Gasteiger partial charge in [-0.25, -0.2) is 0 Å². The number of methoxy groups -OCH3 is 1. The Morgan fingerprint density at radius 3 is 3.00 bits per heavy atom. The highest BCUT2D eigenvalue weighted by Gasteiger charge is 2.15. The molecule has 4 nitrogen and oxygen atoms in total. The average molecular weight is 221 g/mol. The molecule has 0 aromatic carbocycles. The number of nitrogens with zero attached hydrogens (tertiary/aromatic N) is 1. The van der Waals surface area contributed by atoms with Crippen molar-refractivity contribution in [2.75, 3.05) is 7.11 Å². The van der Waals surface area contributed by atoms with Gasteiger partial charge in [-0.3, -0.25) is 16.3 Å². The summed E-state index contributed by atoms with van der Waals surface area (Å²) < 4.78 is 5.26. The minimum absolute atomic E-state index is 0.0189. The molecule has 16 heavy (non-hydrogen) atoms. The minimum Gasteiger partial charge on any atom is -0.495 e. The third-order valence-electron chi connectivity index (χ3n) is 2.61. The summed E-state index contributed by atoms with van der Waals surface area (Å²) >= 11 is 0. The molecular formula is C12H19N3O. The number of pyridine rings is 1. The zero-order chi connectivity index (χ0) is 12.0. The molecule has 0 saturated carbocycles. The van der Waals surface area contributed by atoms with Crippen molar-refractivity contribution in [3.05, 3.63) is 36.2 Å². The van der Waals surface area contributed by atoms with E-state index in [0.29, 0.717) is 0 Å². The van der Waals surface area contributed by atoms with Crippen LogP contribution >= 0.6 is 0 Å². The second kappa shape index (κ2) is 6.25. The fraction of sp³-hybridized carbons (Fsp3) is 0.417. The van der Waals surface area contributed by atoms with Gasteiger partial charge in [0.25, 0.3) is 0 Å². The quantitative estimate of drug-likeness (QED) is 0.438. The van der Waals surface area contributed by atoms with Gasteiger partial charge in [0.15, 0.2) is 0 Å². The molecule has 0 aliphatic heterocycles. The van der Waals surface area contributed by atoms with Crippen LogP contribution in [0.2, 0.25) is 0 Å². The maximum absolute atomic E-state index is 5.56. The molecular weight excluding hydrogens is 202 g/mol. The predicted molar refractivity (Wildman–Crippen MR) is 64.9 cm³/mol. The molecule has 0 saturated heterocycles. The first-order valence-corrected chi connectivity index (χ1v) is 5.33. The summed E-state index contributed by atoms with van der Waals surface area (Å²) in [5.74, 6) is 6.31. The van der Waals surface area contributed by atoms with Gasteiger partial charge in [-0.15, -0.1) is 0 Å². The summed E-state index contributed by atoms with van der Waals surface area (Å²) in [6.45, 7) is 6.07. The molecule has 1 aromatic heterocycles. The van der Waals surface area contributed by atoms with E-state index in [2.05, 4.69) is 23.9 Å². The number of hydrogen-bond donors (Lipinski definition) is 2. The summed E-state index contributed by atoms with van der Waals surface area (Å²) in [5.41, 5.74) is 4.95. The summed E-state index contributed by atoms with van der Waals surface area (Å²) in [7, 11) is 1.63. The Labute approximate surface area is 96.5 Å². The molecule has 4 heteroatoms. The van der Waals surface area contributed by atoms with E-state index in [1.807, 2.05) is 6.07 Å². The van der Waals surface area contributed by atoms with Gasteiger partial charge in [-0.1, -0.05) is 19.1 Å². The first kappa shape index (κ1) is 12.7. The Bertz CT molecular complexity index is 352. The van der Waals surface area contributed by atoms with Crippen LogP contribution in [-0.2, 0) is 0 Å². The van der Waals surface area contributed by atoms with Crippen molar-refractivity contribution >= 4 is 0 Å². The summed E-state index contributed by atoms with van der Waals surface area (Å²) in [5, 5.41) is 0. The normalized spacial score (nSPS) is 12.2. The van der Waals surface area contributed by atoms with E-state index in [9.17, 15) is 0 Å². The van der Waals surface area contributed by atoms with Crippen LogP contribution in [0.5, 0.6) is 5.75 Å². The molecule has 88 valence electrons. The molecule has 0 spiro atoms. The lowest BCUT2D eigenvalue weighted by Crippen LogP contribution is -2.28. The number of ether oxygens (including phenoxy) is 1. The summed E-state index contributed by atoms with van der Waals surface area (Å²) in [6, 6.07) is 1.93. The maximum atomic E-state index is 5.56. The van der Waals surface area contributed by atoms with Crippen molar-refractivity contribution < 1.29 is 4.74 Å². The van der Waals surface area contributed by atoms with E-state index < -0.39 is 0 Å². The second-order valence-corrected chi connectivity index (χ2v) is 3.64. The lowest BCUT2D eigenvalue weighted by atomic mass is 9.99. The number of rotatable bonds is 6. The van der Waals surface area contributed by atoms with Crippen LogP contribution in [0.15, 0.2) is 30.6 Å². The number of nitrogens with one attached hydrogen (secondary N) is 1. The first-order chi connectivity index (χ1) is 7.72. The highest BCUT2D eigenvalue weighted by Crippen LogP contribution is 2.27. The molecule has 3 N–H and O–H groups in total. The van der Waals surface area contributed by atoms with Crippen molar-refractivity contribution in [1.82, 2.24) is 10.4 Å². The van der Waals surface area contributed by atoms with Crippen molar-refractivity contribution in [3.63, 3.8) is 0 Å². The lowest BCUT2D eigenvalue weighted by Gasteiger charge is -2.19. The van der Waals surface area contributed by atoms with Gasteiger partial charge >= 0.3 is 0 Å². The average Bonchev–Trinajstić information content (AvgIpc) is 2.35. The first-order valence-electron chi connectivity index (χ1n) is 5.33. The smallest absolute Gasteiger partial charge is 0.141 e. The maximum Gasteiger partial charge on any atom is 0.141 e. The third kappa shape index (κ3) is 3.05. The highest BCUT2D eigenvalue weighted by molar-refractivity contribution is 5.33. The molecule has 0 radical (unpaired) electrons. The van der Waals surface area contributed by atoms with Gasteiger partial charge < -0.3 is 4.74 Å². The zero-order valence-corrected chi connectivity index (χ0v) is 9.86. The molecule has 0 fully saturated rings. The summed E-state index contributed by atoms with van der Waals surface area (Å²) in [6.07, 6.45) is 5.17. The second-order valence-electron chi connectivity index (χ2n) is 3.64. The molecule has 0 amide bonds. The van der Waals surface area contributed by atoms with Crippen LogP contribution in [0.1, 0.15) is 31.4 Å². The molecule has 1 heterocycles. The van der Waals surface area contributed by atoms with Crippen molar-refractivity contribution in [2.24, 2.45) is 5.84 Å². The molecule has 1 aromatic rings. The van der Waals surface area contributed by atoms with Crippen LogP contribution in [0.25, 0.3) is 0 Å². The Hall–Kier alpha value is -1.39. The molecule has 0 bridgehead atoms. The monoisotopic (exact) mass is 221 g/mol. The third-order valence-corrected chi connectivity index (χ3v) is 2.61. The fourth-order valence-corrected chi connectivity index (χ4v) is 1.54. The fourth-order valence-electron chi connectivity index (χ4n) is 1.54. The van der Waals surface area contributed by atoms with Crippen LogP contribution in [0, 0.1) is 0 Å². The van der Waals surface area contributed by atoms with Gasteiger partial charge in [-0.2, -0.15) is 0 Å². The summed E-state index contributed by atoms with van der Waals surface area (Å²) in [4.78, 5) is 4.02. The molecule has 1 atom stereocenters. The van der Waals surface area contributed by atoms with E-state index in [4.69, 9.17) is 10.6 Å². The van der Waals surface area contributed by atoms with E-state index in [1.54, 1.807) is 19.5 Å². The van der Waals surface area contributed by atoms with Crippen LogP contribution in [0.3, 0.4) is 0 Å². The molecule has 0 aliphatic carbocycles. The van der Waals surface area contributed by atoms with Crippen LogP contribution in [-0.4, -0.2) is 12.1 Å². The van der Waals surface area contributed by atoms with Crippen LogP contribution in [0.4, 0.5) is 0 Å². The standard InChI is InChI=1S/C12H19N3O/c1-4-9(2)7-11(15-13)10-5-6-14-8-12(10)16-3/h5-6,8,11,15H,2,4,7,13H2,1,3H3. The van der Waals surface area contributed by atoms with E-state index >= 15 is 0 Å². The minimum atomic E-state index is 0.0189. The van der Waals surface area contributed by atoms with E-state index in [1.165, 1.54) is 0 Å². The largest absolute Gasteiger partial charge is 0.495 e. The van der Waals surface area contributed by atoms with E-state index in [0.717, 1.165) is 29.7 Å². The molecule has 1 unspecified atom stereocenters. The molecule has 1 rings (SSSR count). The Kier molecular flexibility index (Phi) is 4.95. The number of nitrogens with two attached hydrogens (primary N) is 1. The van der Waals surface area contributed by atoms with Crippen molar-refractivity contribution in [2.45, 2.75) is 25.8 Å². The van der Waals surface area contributed by atoms with Gasteiger partial charge in [-0.05, 0) is 18.9 Å². The predicted octanol–water partition coefficient (Wildman–Crippen LogP) is 1.95. The van der Waals surface area contributed by atoms with Crippen molar-refractivity contribution in [1.29, 1.82) is 0 Å². The number of hydrogen-bond acceptors (Lipinski definition) is 4. The number of hydrazine groups is 1. The molecule has 0 aliphatic rings. The SMILES string of the molecule is C=C(CC)CC(NN)c1ccncc1OC. The van der Waals surface area contributed by atoms with Crippen molar-refractivity contribution in [3.8, 4) is 5.75 Å². The number of aromatic nitrogens is 1. The Balaban J connectivity index is 2.89. The Morgan fingerprint density at radius 1 is 1.69 bits per heavy atom. The Morgan fingerprint density at radius 2 is 2.44 bits per heavy atom. The van der Waals surface area contributed by atoms with E-state index in [-0.39, 0.29) is 6.04 Å². The van der Waals surface area contributed by atoms with Gasteiger partial charge in [0, 0.05) is 11.8 Å². The van der Waals surface area contributed by atoms with Gasteiger partial charge in [0.2, 0.25) is 0 Å². The topological polar surface area (TPSA) is 60.2 Å². The zero-order valence-electron chi connectivity index (χ0n) is 9.86. The van der Waals surface area contributed by atoms with Crippen LogP contribution < -0.4 is 16.0 Å². The van der Waals surface area contributed by atoms with Gasteiger partial charge in [0.1, 0.15) is 5.75 Å². The highest BCUT2D eigenvalue weighted by atomic mass is 16.5. The lowest BCUT2D eigenvalue weighted by molar-refractivity contribution is 0.396.